The number of urea groups is 1. The maximum atomic E-state index is 14.0. The fourth-order valence-electron chi connectivity index (χ4n) is 4.93. The van der Waals surface area contributed by atoms with E-state index in [1.807, 2.05) is 18.2 Å². The number of pyridine rings is 2. The fourth-order valence-corrected chi connectivity index (χ4v) is 4.93. The molecule has 2 aromatic heterocycles. The number of benzene rings is 2. The molecule has 0 aliphatic heterocycles. The van der Waals surface area contributed by atoms with Crippen molar-refractivity contribution in [2.45, 2.75) is 58.9 Å². The molecule has 0 unspecified atom stereocenters. The van der Waals surface area contributed by atoms with Crippen molar-refractivity contribution in [2.75, 3.05) is 10.6 Å². The van der Waals surface area contributed by atoms with Crippen molar-refractivity contribution >= 4 is 34.3 Å². The summed E-state index contributed by atoms with van der Waals surface area (Å²) in [5.41, 5.74) is 8.95. The van der Waals surface area contributed by atoms with Crippen LogP contribution in [0.15, 0.2) is 65.6 Å². The summed E-state index contributed by atoms with van der Waals surface area (Å²) in [5.74, 6) is -0.135. The number of amides is 3. The molecule has 2 aromatic carbocycles. The van der Waals surface area contributed by atoms with Crippen LogP contribution < -0.4 is 21.9 Å². The molecule has 0 saturated carbocycles. The van der Waals surface area contributed by atoms with Crippen LogP contribution in [0.1, 0.15) is 63.5 Å². The first-order chi connectivity index (χ1) is 19.1. The molecule has 0 aliphatic carbocycles. The highest BCUT2D eigenvalue weighted by Crippen LogP contribution is 2.36. The number of hydrogen-bond acceptors (Lipinski definition) is 5. The molecule has 208 valence electrons. The molecule has 9 heteroatoms. The number of nitrogens with zero attached hydrogens (tertiary/aromatic N) is 2. The third-order valence-corrected chi connectivity index (χ3v) is 6.81. The number of rotatable bonds is 9. The van der Waals surface area contributed by atoms with Crippen molar-refractivity contribution in [3.05, 3.63) is 82.3 Å². The number of hydrogen-bond donors (Lipinski definition) is 4. The van der Waals surface area contributed by atoms with E-state index in [1.54, 1.807) is 30.5 Å². The molecule has 5 N–H and O–H groups in total. The van der Waals surface area contributed by atoms with Gasteiger partial charge in [-0.1, -0.05) is 58.0 Å². The molecule has 0 fully saturated rings. The van der Waals surface area contributed by atoms with E-state index in [0.717, 1.165) is 11.1 Å². The molecule has 9 nitrogen and oxygen atoms in total. The number of aromatic nitrogens is 2. The third-order valence-electron chi connectivity index (χ3n) is 6.81. The second-order valence-corrected chi connectivity index (χ2v) is 10.4. The quantitative estimate of drug-likeness (QED) is 0.208. The van der Waals surface area contributed by atoms with Crippen molar-refractivity contribution in [1.82, 2.24) is 9.55 Å². The Hall–Kier alpha value is -4.66. The number of nitrogens with one attached hydrogen (secondary N) is 2. The van der Waals surface area contributed by atoms with Gasteiger partial charge in [0.05, 0.1) is 0 Å². The van der Waals surface area contributed by atoms with Crippen molar-refractivity contribution < 1.29 is 14.7 Å². The Balaban J connectivity index is 1.88. The fraction of sp³-hybridized carbons (Fsp3) is 0.290. The number of carbonyl (C=O) groups excluding carboxylic acids is 2. The van der Waals surface area contributed by atoms with Gasteiger partial charge in [-0.15, -0.1) is 0 Å². The predicted octanol–water partition coefficient (Wildman–Crippen LogP) is 5.93. The summed E-state index contributed by atoms with van der Waals surface area (Å²) >= 11 is 0. The summed E-state index contributed by atoms with van der Waals surface area (Å²) in [5, 5.41) is 16.7. The normalized spacial score (nSPS) is 11.2. The van der Waals surface area contributed by atoms with Gasteiger partial charge >= 0.3 is 6.03 Å². The monoisotopic (exact) mass is 541 g/mol. The number of fused-ring (bicyclic) bond motifs is 1. The molecular weight excluding hydrogens is 506 g/mol. The van der Waals surface area contributed by atoms with Crippen LogP contribution in [-0.4, -0.2) is 26.6 Å². The minimum Gasteiger partial charge on any atom is -0.508 e. The predicted molar refractivity (Wildman–Crippen MR) is 159 cm³/mol. The lowest BCUT2D eigenvalue weighted by Gasteiger charge is -2.21. The van der Waals surface area contributed by atoms with Gasteiger partial charge in [0.15, 0.2) is 0 Å². The van der Waals surface area contributed by atoms with Gasteiger partial charge in [0.2, 0.25) is 5.91 Å². The van der Waals surface area contributed by atoms with Crippen LogP contribution in [0.2, 0.25) is 0 Å². The molecule has 4 rings (SSSR count). The van der Waals surface area contributed by atoms with Gasteiger partial charge in [-0.05, 0) is 59.2 Å². The highest BCUT2D eigenvalue weighted by molar-refractivity contribution is 6.07. The first kappa shape index (κ1) is 28.4. The minimum atomic E-state index is -0.569. The topological polar surface area (TPSA) is 139 Å². The first-order valence-electron chi connectivity index (χ1n) is 13.4. The number of primary amides is 1. The molecule has 0 saturated heterocycles. The van der Waals surface area contributed by atoms with Crippen molar-refractivity contribution in [3.8, 4) is 16.9 Å². The van der Waals surface area contributed by atoms with Crippen LogP contribution in [-0.2, 0) is 11.3 Å². The lowest BCUT2D eigenvalue weighted by Crippen LogP contribution is -2.30. The number of nitrogens with two attached hydrogens (primary N) is 1. The van der Waals surface area contributed by atoms with Crippen LogP contribution in [0.3, 0.4) is 0 Å². The molecule has 0 spiro atoms. The van der Waals surface area contributed by atoms with Crippen molar-refractivity contribution in [3.63, 3.8) is 0 Å². The zero-order valence-corrected chi connectivity index (χ0v) is 23.2. The van der Waals surface area contributed by atoms with E-state index < -0.39 is 17.5 Å². The molecule has 0 atom stereocenters. The highest BCUT2D eigenvalue weighted by Gasteiger charge is 2.22. The Kier molecular flexibility index (Phi) is 8.52. The molecule has 0 aliphatic rings. The second-order valence-electron chi connectivity index (χ2n) is 10.4. The number of aromatic hydroxyl groups is 1. The Labute approximate surface area is 233 Å². The van der Waals surface area contributed by atoms with Gasteiger partial charge in [-0.2, -0.15) is 0 Å². The zero-order chi connectivity index (χ0) is 29.0. The molecule has 3 amide bonds. The Morgan fingerprint density at radius 3 is 2.23 bits per heavy atom. The smallest absolute Gasteiger partial charge is 0.323 e. The molecule has 2 heterocycles. The summed E-state index contributed by atoms with van der Waals surface area (Å²) in [6, 6.07) is 15.4. The summed E-state index contributed by atoms with van der Waals surface area (Å²) < 4.78 is 1.45. The van der Waals surface area contributed by atoms with Gasteiger partial charge in [-0.25, -0.2) is 9.78 Å². The van der Waals surface area contributed by atoms with E-state index in [1.165, 1.54) is 16.7 Å². The number of para-hydroxylation sites is 1. The zero-order valence-electron chi connectivity index (χ0n) is 23.2. The van der Waals surface area contributed by atoms with Gasteiger partial charge in [-0.3, -0.25) is 14.2 Å². The molecule has 4 aromatic rings. The third kappa shape index (κ3) is 5.98. The lowest BCUT2D eigenvalue weighted by molar-refractivity contribution is -0.118. The van der Waals surface area contributed by atoms with Crippen LogP contribution in [0, 0.1) is 0 Å². The number of phenolic OH excluding ortho intramolecular Hbond substituents is 1. The maximum Gasteiger partial charge on any atom is 0.323 e. The minimum absolute atomic E-state index is 0.0167. The molecule has 0 radical (unpaired) electrons. The highest BCUT2D eigenvalue weighted by atomic mass is 16.3. The number of anilines is 2. The van der Waals surface area contributed by atoms with Crippen LogP contribution in [0.4, 0.5) is 16.2 Å². The SMILES string of the molecule is CC(C)c1cccc(C(C)C)c1NC(=O)Nc1c(-c2cccc(O)c2)c2cccnc2n(CCCC(N)=O)c1=O. The van der Waals surface area contributed by atoms with Crippen molar-refractivity contribution in [1.29, 1.82) is 0 Å². The number of carbonyl (C=O) groups is 2. The summed E-state index contributed by atoms with van der Waals surface area (Å²) in [6.45, 7) is 8.42. The van der Waals surface area contributed by atoms with Gasteiger partial charge in [0.1, 0.15) is 17.1 Å². The van der Waals surface area contributed by atoms with E-state index in [9.17, 15) is 19.5 Å². The Bertz CT molecular complexity index is 1600. The van der Waals surface area contributed by atoms with Gasteiger partial charge < -0.3 is 21.5 Å². The molecular formula is C31H35N5O4. The van der Waals surface area contributed by atoms with Gasteiger partial charge in [0, 0.05) is 35.8 Å². The summed E-state index contributed by atoms with van der Waals surface area (Å²) in [6.07, 6.45) is 2.01. The number of phenols is 1. The van der Waals surface area contributed by atoms with E-state index in [-0.39, 0.29) is 36.2 Å². The second kappa shape index (κ2) is 12.0. The summed E-state index contributed by atoms with van der Waals surface area (Å²) in [7, 11) is 0. The van der Waals surface area contributed by atoms with E-state index in [2.05, 4.69) is 43.3 Å². The Morgan fingerprint density at radius 2 is 1.60 bits per heavy atom. The van der Waals surface area contributed by atoms with E-state index in [0.29, 0.717) is 34.3 Å². The largest absolute Gasteiger partial charge is 0.508 e. The molecule has 0 bridgehead atoms. The molecule has 40 heavy (non-hydrogen) atoms. The average Bonchev–Trinajstić information content (AvgIpc) is 2.90. The van der Waals surface area contributed by atoms with Gasteiger partial charge in [0.25, 0.3) is 5.56 Å². The maximum absolute atomic E-state index is 14.0. The standard InChI is InChI=1S/C31H35N5O4/c1-18(2)22-11-6-12-23(19(3)4)27(22)34-31(40)35-28-26(20-9-5-10-21(37)17-20)24-13-7-15-33-29(24)36(30(28)39)16-8-14-25(32)38/h5-7,9-13,15,17-19,37H,8,14,16H2,1-4H3,(H2,32,38)(H2,34,35,40). The van der Waals surface area contributed by atoms with Crippen molar-refractivity contribution in [2.24, 2.45) is 5.73 Å². The summed E-state index contributed by atoms with van der Waals surface area (Å²) in [4.78, 5) is 43.4. The van der Waals surface area contributed by atoms with Crippen LogP contribution in [0.25, 0.3) is 22.2 Å². The van der Waals surface area contributed by atoms with Crippen LogP contribution >= 0.6 is 0 Å². The average molecular weight is 542 g/mol. The van der Waals surface area contributed by atoms with E-state index in [4.69, 9.17) is 5.73 Å². The number of aryl methyl sites for hydroxylation is 1. The van der Waals surface area contributed by atoms with E-state index >= 15 is 0 Å². The lowest BCUT2D eigenvalue weighted by atomic mass is 9.93. The van der Waals surface area contributed by atoms with Crippen LogP contribution in [0.5, 0.6) is 5.75 Å². The first-order valence-corrected chi connectivity index (χ1v) is 13.4. The Morgan fingerprint density at radius 1 is 0.950 bits per heavy atom.